The Morgan fingerprint density at radius 1 is 1.28 bits per heavy atom. The zero-order valence-electron chi connectivity index (χ0n) is 9.60. The molecule has 94 valence electrons. The van der Waals surface area contributed by atoms with Crippen molar-refractivity contribution in [1.29, 1.82) is 0 Å². The number of nitrogens with one attached hydrogen (secondary N) is 1. The van der Waals surface area contributed by atoms with Gasteiger partial charge in [-0.25, -0.2) is 4.39 Å². The lowest BCUT2D eigenvalue weighted by atomic mass is 10.2. The summed E-state index contributed by atoms with van der Waals surface area (Å²) in [5, 5.41) is 3.21. The van der Waals surface area contributed by atoms with Crippen LogP contribution >= 0.6 is 27.5 Å². The number of hydrogen-bond donors (Lipinski definition) is 2. The summed E-state index contributed by atoms with van der Waals surface area (Å²) in [5.41, 5.74) is 8.90. The Balaban J connectivity index is 2.34. The summed E-state index contributed by atoms with van der Waals surface area (Å²) in [5.74, 6) is -0.454. The number of benzene rings is 2. The van der Waals surface area contributed by atoms with Gasteiger partial charge in [-0.1, -0.05) is 11.6 Å². The standard InChI is InChI=1S/C13H11BrClFN2/c1-7-4-13(9(14)6-12(7)17)18-8-2-3-10(15)11(16)5-8/h2-6,18H,17H2,1H3. The minimum atomic E-state index is -0.454. The summed E-state index contributed by atoms with van der Waals surface area (Å²) in [4.78, 5) is 0. The van der Waals surface area contributed by atoms with Gasteiger partial charge in [-0.05, 0) is 58.7 Å². The number of halogens is 3. The van der Waals surface area contributed by atoms with E-state index in [-0.39, 0.29) is 5.02 Å². The molecule has 2 rings (SSSR count). The smallest absolute Gasteiger partial charge is 0.143 e. The van der Waals surface area contributed by atoms with E-state index in [0.717, 1.165) is 15.7 Å². The first-order chi connectivity index (χ1) is 8.47. The van der Waals surface area contributed by atoms with Crippen molar-refractivity contribution in [2.45, 2.75) is 6.92 Å². The molecule has 0 aliphatic heterocycles. The first-order valence-electron chi connectivity index (χ1n) is 5.25. The average molecular weight is 330 g/mol. The summed E-state index contributed by atoms with van der Waals surface area (Å²) >= 11 is 9.04. The summed E-state index contributed by atoms with van der Waals surface area (Å²) in [6.07, 6.45) is 0. The van der Waals surface area contributed by atoms with Gasteiger partial charge < -0.3 is 11.1 Å². The van der Waals surface area contributed by atoms with Crippen molar-refractivity contribution in [2.75, 3.05) is 11.1 Å². The number of hydrogen-bond acceptors (Lipinski definition) is 2. The third kappa shape index (κ3) is 2.76. The molecule has 0 heterocycles. The summed E-state index contributed by atoms with van der Waals surface area (Å²) in [6, 6.07) is 8.27. The van der Waals surface area contributed by atoms with E-state index in [9.17, 15) is 4.39 Å². The zero-order valence-corrected chi connectivity index (χ0v) is 11.9. The molecular weight excluding hydrogens is 319 g/mol. The molecule has 5 heteroatoms. The van der Waals surface area contributed by atoms with Gasteiger partial charge in [0, 0.05) is 15.8 Å². The van der Waals surface area contributed by atoms with Gasteiger partial charge in [0.1, 0.15) is 5.82 Å². The predicted molar refractivity (Wildman–Crippen MR) is 78.0 cm³/mol. The predicted octanol–water partition coefficient (Wildman–Crippen LogP) is 4.88. The fraction of sp³-hybridized carbons (Fsp3) is 0.0769. The Labute approximate surface area is 118 Å². The lowest BCUT2D eigenvalue weighted by Crippen LogP contribution is -1.96. The maximum absolute atomic E-state index is 13.3. The minimum Gasteiger partial charge on any atom is -0.398 e. The van der Waals surface area contributed by atoms with E-state index < -0.39 is 5.82 Å². The fourth-order valence-corrected chi connectivity index (χ4v) is 2.10. The third-order valence-corrected chi connectivity index (χ3v) is 3.52. The highest BCUT2D eigenvalue weighted by Gasteiger charge is 2.06. The number of nitrogen functional groups attached to an aromatic ring is 1. The molecule has 0 radical (unpaired) electrons. The third-order valence-electron chi connectivity index (χ3n) is 2.55. The van der Waals surface area contributed by atoms with Crippen LogP contribution in [-0.2, 0) is 0 Å². The molecule has 0 fully saturated rings. The molecule has 2 aromatic carbocycles. The van der Waals surface area contributed by atoms with Crippen LogP contribution in [0.2, 0.25) is 5.02 Å². The van der Waals surface area contributed by atoms with Crippen molar-refractivity contribution in [3.8, 4) is 0 Å². The monoisotopic (exact) mass is 328 g/mol. The van der Waals surface area contributed by atoms with Crippen LogP contribution in [0.4, 0.5) is 21.5 Å². The normalized spacial score (nSPS) is 10.4. The van der Waals surface area contributed by atoms with Crippen molar-refractivity contribution in [3.63, 3.8) is 0 Å². The van der Waals surface area contributed by atoms with E-state index in [1.54, 1.807) is 6.07 Å². The molecule has 2 nitrogen and oxygen atoms in total. The molecule has 0 saturated heterocycles. The van der Waals surface area contributed by atoms with Crippen LogP contribution in [0.5, 0.6) is 0 Å². The van der Waals surface area contributed by atoms with E-state index in [0.29, 0.717) is 11.4 Å². The van der Waals surface area contributed by atoms with Crippen molar-refractivity contribution in [3.05, 3.63) is 51.2 Å². The van der Waals surface area contributed by atoms with Gasteiger partial charge in [0.2, 0.25) is 0 Å². The van der Waals surface area contributed by atoms with Gasteiger partial charge in [-0.15, -0.1) is 0 Å². The molecule has 0 aromatic heterocycles. The van der Waals surface area contributed by atoms with Crippen LogP contribution in [0.25, 0.3) is 0 Å². The molecule has 0 unspecified atom stereocenters. The SMILES string of the molecule is Cc1cc(Nc2ccc(Cl)c(F)c2)c(Br)cc1N. The molecule has 0 aliphatic carbocycles. The van der Waals surface area contributed by atoms with Gasteiger partial charge in [-0.2, -0.15) is 0 Å². The molecule has 0 spiro atoms. The molecule has 0 aliphatic rings. The highest BCUT2D eigenvalue weighted by atomic mass is 79.9. The number of aryl methyl sites for hydroxylation is 1. The summed E-state index contributed by atoms with van der Waals surface area (Å²) < 4.78 is 14.1. The minimum absolute atomic E-state index is 0.105. The Hall–Kier alpha value is -1.26. The van der Waals surface area contributed by atoms with E-state index >= 15 is 0 Å². The quantitative estimate of drug-likeness (QED) is 0.771. The molecular formula is C13H11BrClFN2. The van der Waals surface area contributed by atoms with Crippen LogP contribution in [0.1, 0.15) is 5.56 Å². The first-order valence-corrected chi connectivity index (χ1v) is 6.42. The van der Waals surface area contributed by atoms with Crippen LogP contribution in [0, 0.1) is 12.7 Å². The molecule has 0 bridgehead atoms. The number of nitrogens with two attached hydrogens (primary N) is 1. The second kappa shape index (κ2) is 5.16. The van der Waals surface area contributed by atoms with Crippen molar-refractivity contribution in [1.82, 2.24) is 0 Å². The largest absolute Gasteiger partial charge is 0.398 e. The number of anilines is 3. The van der Waals surface area contributed by atoms with Crippen LogP contribution in [0.3, 0.4) is 0 Å². The van der Waals surface area contributed by atoms with E-state index in [2.05, 4.69) is 21.2 Å². The van der Waals surface area contributed by atoms with E-state index in [4.69, 9.17) is 17.3 Å². The summed E-state index contributed by atoms with van der Waals surface area (Å²) in [6.45, 7) is 1.91. The topological polar surface area (TPSA) is 38.0 Å². The Morgan fingerprint density at radius 2 is 2.00 bits per heavy atom. The molecule has 18 heavy (non-hydrogen) atoms. The lowest BCUT2D eigenvalue weighted by molar-refractivity contribution is 0.629. The first kappa shape index (κ1) is 13.2. The maximum atomic E-state index is 13.3. The van der Waals surface area contributed by atoms with Crippen molar-refractivity contribution >= 4 is 44.6 Å². The van der Waals surface area contributed by atoms with Gasteiger partial charge in [0.25, 0.3) is 0 Å². The molecule has 0 saturated carbocycles. The molecule has 0 amide bonds. The Kier molecular flexibility index (Phi) is 3.78. The highest BCUT2D eigenvalue weighted by molar-refractivity contribution is 9.10. The van der Waals surface area contributed by atoms with Crippen LogP contribution in [-0.4, -0.2) is 0 Å². The molecule has 0 atom stereocenters. The van der Waals surface area contributed by atoms with Crippen LogP contribution in [0.15, 0.2) is 34.8 Å². The average Bonchev–Trinajstić information content (AvgIpc) is 2.31. The number of rotatable bonds is 2. The Bertz CT molecular complexity index is 602. The second-order valence-electron chi connectivity index (χ2n) is 3.94. The summed E-state index contributed by atoms with van der Waals surface area (Å²) in [7, 11) is 0. The van der Waals surface area contributed by atoms with Crippen LogP contribution < -0.4 is 11.1 Å². The highest BCUT2D eigenvalue weighted by Crippen LogP contribution is 2.31. The Morgan fingerprint density at radius 3 is 2.67 bits per heavy atom. The van der Waals surface area contributed by atoms with Gasteiger partial charge in [-0.3, -0.25) is 0 Å². The molecule has 3 N–H and O–H groups in total. The van der Waals surface area contributed by atoms with Gasteiger partial charge in [0.15, 0.2) is 0 Å². The van der Waals surface area contributed by atoms with Gasteiger partial charge in [0.05, 0.1) is 10.7 Å². The van der Waals surface area contributed by atoms with Gasteiger partial charge >= 0.3 is 0 Å². The zero-order chi connectivity index (χ0) is 13.3. The lowest BCUT2D eigenvalue weighted by Gasteiger charge is -2.11. The van der Waals surface area contributed by atoms with Crippen molar-refractivity contribution < 1.29 is 4.39 Å². The van der Waals surface area contributed by atoms with E-state index in [1.165, 1.54) is 12.1 Å². The molecule has 2 aromatic rings. The van der Waals surface area contributed by atoms with E-state index in [1.807, 2.05) is 19.1 Å². The van der Waals surface area contributed by atoms with Crippen molar-refractivity contribution in [2.24, 2.45) is 0 Å². The maximum Gasteiger partial charge on any atom is 0.143 e. The second-order valence-corrected chi connectivity index (χ2v) is 5.20. The fourth-order valence-electron chi connectivity index (χ4n) is 1.52.